The second kappa shape index (κ2) is 4.63. The summed E-state index contributed by atoms with van der Waals surface area (Å²) in [6.45, 7) is 5.40. The fraction of sp³-hybridized carbons (Fsp3) is 0.538. The van der Waals surface area contributed by atoms with E-state index in [1.807, 2.05) is 20.8 Å². The van der Waals surface area contributed by atoms with E-state index in [0.29, 0.717) is 0 Å². The molecule has 0 amide bonds. The second-order valence-corrected chi connectivity index (χ2v) is 5.14. The molecule has 1 atom stereocenters. The first kappa shape index (κ1) is 13.9. The third-order valence-corrected chi connectivity index (χ3v) is 3.16. The highest BCUT2D eigenvalue weighted by Gasteiger charge is 2.42. The summed E-state index contributed by atoms with van der Waals surface area (Å²) < 4.78 is 19.1. The number of aliphatic hydroxyl groups is 1. The van der Waals surface area contributed by atoms with Gasteiger partial charge >= 0.3 is 0 Å². The van der Waals surface area contributed by atoms with Crippen molar-refractivity contribution in [1.29, 1.82) is 0 Å². The van der Waals surface area contributed by atoms with Gasteiger partial charge in [0.2, 0.25) is 0 Å². The van der Waals surface area contributed by atoms with Gasteiger partial charge < -0.3 is 15.6 Å². The van der Waals surface area contributed by atoms with Gasteiger partial charge in [0.15, 0.2) is 11.6 Å². The Morgan fingerprint density at radius 2 is 1.94 bits per heavy atom. The maximum Gasteiger partial charge on any atom is 0.171 e. The Morgan fingerprint density at radius 1 is 1.35 bits per heavy atom. The Labute approximate surface area is 101 Å². The molecule has 0 bridgehead atoms. The van der Waals surface area contributed by atoms with Gasteiger partial charge in [-0.25, -0.2) is 4.39 Å². The van der Waals surface area contributed by atoms with Gasteiger partial charge in [-0.1, -0.05) is 32.9 Å². The van der Waals surface area contributed by atoms with Crippen molar-refractivity contribution in [3.8, 4) is 5.75 Å². The minimum Gasteiger partial charge on any atom is -0.494 e. The van der Waals surface area contributed by atoms with Crippen LogP contribution in [0.1, 0.15) is 26.3 Å². The Kier molecular flexibility index (Phi) is 3.79. The summed E-state index contributed by atoms with van der Waals surface area (Å²) in [5, 5.41) is 10.6. The van der Waals surface area contributed by atoms with Crippen LogP contribution in [-0.4, -0.2) is 18.8 Å². The highest BCUT2D eigenvalue weighted by Crippen LogP contribution is 2.41. The average molecular weight is 241 g/mol. The monoisotopic (exact) mass is 241 g/mol. The smallest absolute Gasteiger partial charge is 0.171 e. The molecule has 0 radical (unpaired) electrons. The first-order chi connectivity index (χ1) is 7.78. The molecule has 1 aromatic rings. The number of hydrogen-bond donors (Lipinski definition) is 2. The van der Waals surface area contributed by atoms with Gasteiger partial charge in [0.25, 0.3) is 0 Å². The predicted octanol–water partition coefficient (Wildman–Crippen LogP) is 2.03. The highest BCUT2D eigenvalue weighted by atomic mass is 19.1. The second-order valence-electron chi connectivity index (χ2n) is 5.14. The molecule has 1 rings (SSSR count). The first-order valence-electron chi connectivity index (χ1n) is 5.53. The summed E-state index contributed by atoms with van der Waals surface area (Å²) in [5.74, 6) is -0.448. The molecule has 0 fully saturated rings. The first-order valence-corrected chi connectivity index (χ1v) is 5.53. The third kappa shape index (κ3) is 2.28. The lowest BCUT2D eigenvalue weighted by molar-refractivity contribution is -0.0586. The van der Waals surface area contributed by atoms with Crippen LogP contribution in [0.2, 0.25) is 0 Å². The van der Waals surface area contributed by atoms with Gasteiger partial charge in [0.1, 0.15) is 5.60 Å². The van der Waals surface area contributed by atoms with Gasteiger partial charge in [0.05, 0.1) is 7.11 Å². The number of rotatable bonds is 3. The molecule has 3 N–H and O–H groups in total. The Bertz CT molecular complexity index is 401. The lowest BCUT2D eigenvalue weighted by Crippen LogP contribution is -2.47. The van der Waals surface area contributed by atoms with Crippen molar-refractivity contribution in [3.05, 3.63) is 29.6 Å². The zero-order valence-electron chi connectivity index (χ0n) is 10.7. The van der Waals surface area contributed by atoms with E-state index in [4.69, 9.17) is 10.5 Å². The van der Waals surface area contributed by atoms with Gasteiger partial charge in [0, 0.05) is 12.1 Å². The molecule has 0 aliphatic rings. The van der Waals surface area contributed by atoms with Gasteiger partial charge in [-0.15, -0.1) is 0 Å². The minimum absolute atomic E-state index is 0.0550. The van der Waals surface area contributed by atoms with Crippen LogP contribution in [0.4, 0.5) is 4.39 Å². The molecule has 0 aliphatic heterocycles. The van der Waals surface area contributed by atoms with Crippen molar-refractivity contribution in [3.63, 3.8) is 0 Å². The number of methoxy groups -OCH3 is 1. The van der Waals surface area contributed by atoms with Crippen LogP contribution in [0.25, 0.3) is 0 Å². The van der Waals surface area contributed by atoms with Crippen molar-refractivity contribution < 1.29 is 14.2 Å². The molecule has 0 heterocycles. The van der Waals surface area contributed by atoms with Crippen molar-refractivity contribution >= 4 is 0 Å². The van der Waals surface area contributed by atoms with Crippen LogP contribution in [0.5, 0.6) is 5.75 Å². The van der Waals surface area contributed by atoms with Gasteiger partial charge in [-0.2, -0.15) is 0 Å². The Morgan fingerprint density at radius 3 is 2.35 bits per heavy atom. The number of benzene rings is 1. The molecule has 1 unspecified atom stereocenters. The summed E-state index contributed by atoms with van der Waals surface area (Å²) in [4.78, 5) is 0. The molecule has 1 aromatic carbocycles. The molecule has 17 heavy (non-hydrogen) atoms. The maximum atomic E-state index is 14.1. The Hall–Kier alpha value is -1.13. The van der Waals surface area contributed by atoms with E-state index in [-0.39, 0.29) is 17.9 Å². The van der Waals surface area contributed by atoms with Crippen molar-refractivity contribution in [2.45, 2.75) is 26.4 Å². The van der Waals surface area contributed by atoms with Crippen LogP contribution in [0, 0.1) is 11.2 Å². The molecule has 3 nitrogen and oxygen atoms in total. The SMILES string of the molecule is COc1cccc(C(O)(CN)C(C)(C)C)c1F. The molecule has 0 saturated heterocycles. The molecular formula is C13H20FNO2. The maximum absolute atomic E-state index is 14.1. The minimum atomic E-state index is -1.42. The summed E-state index contributed by atoms with van der Waals surface area (Å²) in [7, 11) is 1.39. The van der Waals surface area contributed by atoms with Crippen LogP contribution < -0.4 is 10.5 Å². The lowest BCUT2D eigenvalue weighted by atomic mass is 9.72. The quantitative estimate of drug-likeness (QED) is 0.851. The number of halogens is 1. The predicted molar refractivity (Wildman–Crippen MR) is 65.4 cm³/mol. The normalized spacial score (nSPS) is 15.5. The van der Waals surface area contributed by atoms with E-state index in [2.05, 4.69) is 0 Å². The molecule has 96 valence electrons. The van der Waals surface area contributed by atoms with E-state index >= 15 is 0 Å². The van der Waals surface area contributed by atoms with Crippen LogP contribution in [-0.2, 0) is 5.60 Å². The van der Waals surface area contributed by atoms with Gasteiger partial charge in [-0.05, 0) is 11.5 Å². The van der Waals surface area contributed by atoms with E-state index in [1.165, 1.54) is 19.2 Å². The van der Waals surface area contributed by atoms with Crippen molar-refractivity contribution in [2.24, 2.45) is 11.1 Å². The molecule has 0 saturated carbocycles. The Balaban J connectivity index is 3.41. The number of nitrogens with two attached hydrogens (primary N) is 1. The van der Waals surface area contributed by atoms with E-state index < -0.39 is 16.8 Å². The standard InChI is InChI=1S/C13H20FNO2/c1-12(2,3)13(16,8-15)9-6-5-7-10(17-4)11(9)14/h5-7,16H,8,15H2,1-4H3. The lowest BCUT2D eigenvalue weighted by Gasteiger charge is -2.40. The average Bonchev–Trinajstić information content (AvgIpc) is 2.27. The van der Waals surface area contributed by atoms with E-state index in [1.54, 1.807) is 6.07 Å². The number of ether oxygens (including phenoxy) is 1. The summed E-state index contributed by atoms with van der Waals surface area (Å²) in [6, 6.07) is 4.69. The highest BCUT2D eigenvalue weighted by molar-refractivity contribution is 5.36. The largest absolute Gasteiger partial charge is 0.494 e. The molecule has 4 heteroatoms. The summed E-state index contributed by atoms with van der Waals surface area (Å²) in [5.41, 5.74) is 3.80. The zero-order chi connectivity index (χ0) is 13.3. The van der Waals surface area contributed by atoms with E-state index in [0.717, 1.165) is 0 Å². The van der Waals surface area contributed by atoms with Crippen molar-refractivity contribution in [1.82, 2.24) is 0 Å². The van der Waals surface area contributed by atoms with Crippen LogP contribution >= 0.6 is 0 Å². The molecule has 0 aliphatic carbocycles. The summed E-state index contributed by atoms with van der Waals surface area (Å²) in [6.07, 6.45) is 0. The zero-order valence-corrected chi connectivity index (χ0v) is 10.7. The molecular weight excluding hydrogens is 221 g/mol. The summed E-state index contributed by atoms with van der Waals surface area (Å²) >= 11 is 0. The van der Waals surface area contributed by atoms with E-state index in [9.17, 15) is 9.50 Å². The third-order valence-electron chi connectivity index (χ3n) is 3.16. The molecule has 0 aromatic heterocycles. The fourth-order valence-electron chi connectivity index (χ4n) is 1.81. The van der Waals surface area contributed by atoms with Crippen LogP contribution in [0.15, 0.2) is 18.2 Å². The topological polar surface area (TPSA) is 55.5 Å². The van der Waals surface area contributed by atoms with Crippen LogP contribution in [0.3, 0.4) is 0 Å². The van der Waals surface area contributed by atoms with Gasteiger partial charge in [-0.3, -0.25) is 0 Å². The molecule has 0 spiro atoms. The fourth-order valence-corrected chi connectivity index (χ4v) is 1.81. The number of hydrogen-bond acceptors (Lipinski definition) is 3. The van der Waals surface area contributed by atoms with Crippen molar-refractivity contribution in [2.75, 3.05) is 13.7 Å².